The summed E-state index contributed by atoms with van der Waals surface area (Å²) in [4.78, 5) is 10.5. The van der Waals surface area contributed by atoms with Gasteiger partial charge in [-0.2, -0.15) is 0 Å². The van der Waals surface area contributed by atoms with Crippen molar-refractivity contribution in [2.75, 3.05) is 0 Å². The molecule has 4 N–H and O–H groups in total. The second kappa shape index (κ2) is 4.70. The molecule has 4 nitrogen and oxygen atoms in total. The van der Waals surface area contributed by atoms with Crippen molar-refractivity contribution < 1.29 is 4.79 Å². The van der Waals surface area contributed by atoms with Gasteiger partial charge in [0.1, 0.15) is 0 Å². The number of urea groups is 1. The van der Waals surface area contributed by atoms with Gasteiger partial charge in [0.15, 0.2) is 0 Å². The number of nitrogens with two attached hydrogens (primary N) is 1. The Bertz CT molecular complexity index is 438. The predicted octanol–water partition coefficient (Wildman–Crippen LogP) is 1.76. The Labute approximate surface area is 95.5 Å². The van der Waals surface area contributed by atoms with E-state index >= 15 is 0 Å². The van der Waals surface area contributed by atoms with Gasteiger partial charge < -0.3 is 5.73 Å². The first-order chi connectivity index (χ1) is 7.41. The van der Waals surface area contributed by atoms with Crippen LogP contribution in [0.15, 0.2) is 18.7 Å². The van der Waals surface area contributed by atoms with Crippen LogP contribution < -0.4 is 16.6 Å². The van der Waals surface area contributed by atoms with Gasteiger partial charge in [-0.25, -0.2) is 4.79 Å². The first-order valence-corrected chi connectivity index (χ1v) is 5.00. The number of hydrogen-bond donors (Lipinski definition) is 3. The Balaban J connectivity index is 2.91. The van der Waals surface area contributed by atoms with Crippen LogP contribution in [0.3, 0.4) is 0 Å². The van der Waals surface area contributed by atoms with Gasteiger partial charge in [-0.1, -0.05) is 12.6 Å². The highest BCUT2D eigenvalue weighted by Crippen LogP contribution is 2.19. The molecule has 86 valence electrons. The molecule has 0 aliphatic carbocycles. The van der Waals surface area contributed by atoms with Crippen LogP contribution in [0.5, 0.6) is 0 Å². The lowest BCUT2D eigenvalue weighted by Crippen LogP contribution is -2.39. The van der Waals surface area contributed by atoms with Crippen LogP contribution in [0, 0.1) is 20.8 Å². The Morgan fingerprint density at radius 3 is 2.25 bits per heavy atom. The highest BCUT2D eigenvalue weighted by atomic mass is 16.2. The molecule has 0 radical (unpaired) electrons. The van der Waals surface area contributed by atoms with Gasteiger partial charge in [0.25, 0.3) is 0 Å². The number of amides is 2. The molecule has 0 atom stereocenters. The third kappa shape index (κ3) is 2.76. The average Bonchev–Trinajstić information content (AvgIpc) is 2.20. The third-order valence-corrected chi connectivity index (χ3v) is 2.50. The van der Waals surface area contributed by atoms with E-state index < -0.39 is 6.03 Å². The number of primary amides is 1. The van der Waals surface area contributed by atoms with E-state index in [9.17, 15) is 4.79 Å². The number of benzene rings is 1. The number of aryl methyl sites for hydroxylation is 3. The Morgan fingerprint density at radius 2 is 1.69 bits per heavy atom. The van der Waals surface area contributed by atoms with Gasteiger partial charge in [0, 0.05) is 5.56 Å². The Kier molecular flexibility index (Phi) is 3.55. The van der Waals surface area contributed by atoms with Gasteiger partial charge in [-0.05, 0) is 43.5 Å². The summed E-state index contributed by atoms with van der Waals surface area (Å²) in [6, 6.07) is 3.48. The molecule has 0 aliphatic heterocycles. The maximum atomic E-state index is 10.5. The molecule has 1 rings (SSSR count). The maximum absolute atomic E-state index is 10.5. The molecule has 1 aromatic rings. The lowest BCUT2D eigenvalue weighted by Gasteiger charge is -2.14. The molecule has 16 heavy (non-hydrogen) atoms. The number of nitrogens with one attached hydrogen (secondary N) is 2. The first-order valence-electron chi connectivity index (χ1n) is 5.00. The molecule has 4 heteroatoms. The fourth-order valence-electron chi connectivity index (χ4n) is 1.49. The molecule has 0 saturated carbocycles. The molecule has 0 aromatic heterocycles. The molecule has 0 fully saturated rings. The number of hydrogen-bond acceptors (Lipinski definition) is 2. The largest absolute Gasteiger partial charge is 0.350 e. The van der Waals surface area contributed by atoms with Crippen LogP contribution in [0.4, 0.5) is 4.79 Å². The molecule has 0 bridgehead atoms. The third-order valence-electron chi connectivity index (χ3n) is 2.50. The minimum Gasteiger partial charge on any atom is -0.350 e. The van der Waals surface area contributed by atoms with Crippen molar-refractivity contribution in [2.45, 2.75) is 20.8 Å². The molecule has 1 aromatic carbocycles. The van der Waals surface area contributed by atoms with E-state index in [1.165, 1.54) is 11.1 Å². The van der Waals surface area contributed by atoms with Crippen LogP contribution in [-0.2, 0) is 0 Å². The van der Waals surface area contributed by atoms with E-state index in [4.69, 9.17) is 5.73 Å². The highest BCUT2D eigenvalue weighted by molar-refractivity contribution is 5.74. The summed E-state index contributed by atoms with van der Waals surface area (Å²) < 4.78 is 0. The summed E-state index contributed by atoms with van der Waals surface area (Å²) in [6.45, 7) is 9.94. The summed E-state index contributed by atoms with van der Waals surface area (Å²) in [5.41, 5.74) is 15.0. The van der Waals surface area contributed by atoms with Crippen LogP contribution in [0.25, 0.3) is 5.70 Å². The number of carbonyl (C=O) groups is 1. The summed E-state index contributed by atoms with van der Waals surface area (Å²) in [7, 11) is 0. The molecular formula is C12H17N3O. The van der Waals surface area contributed by atoms with Crippen molar-refractivity contribution in [2.24, 2.45) is 5.73 Å². The van der Waals surface area contributed by atoms with Crippen molar-refractivity contribution in [3.05, 3.63) is 41.0 Å². The summed E-state index contributed by atoms with van der Waals surface area (Å²) >= 11 is 0. The van der Waals surface area contributed by atoms with Gasteiger partial charge in [0.05, 0.1) is 5.70 Å². The lowest BCUT2D eigenvalue weighted by molar-refractivity contribution is 0.247. The Hall–Kier alpha value is -1.97. The number of hydrazine groups is 1. The van der Waals surface area contributed by atoms with Crippen molar-refractivity contribution in [1.82, 2.24) is 10.9 Å². The van der Waals surface area contributed by atoms with Crippen LogP contribution >= 0.6 is 0 Å². The predicted molar refractivity (Wildman–Crippen MR) is 65.5 cm³/mol. The summed E-state index contributed by atoms with van der Waals surface area (Å²) in [6.07, 6.45) is 0. The average molecular weight is 219 g/mol. The molecule has 2 amide bonds. The van der Waals surface area contributed by atoms with Crippen molar-refractivity contribution in [3.63, 3.8) is 0 Å². The fraction of sp³-hybridized carbons (Fsp3) is 0.250. The van der Waals surface area contributed by atoms with Crippen molar-refractivity contribution in [1.29, 1.82) is 0 Å². The van der Waals surface area contributed by atoms with Gasteiger partial charge in [-0.3, -0.25) is 10.9 Å². The monoisotopic (exact) mass is 219 g/mol. The van der Waals surface area contributed by atoms with E-state index in [2.05, 4.69) is 30.4 Å². The van der Waals surface area contributed by atoms with Crippen LogP contribution in [0.2, 0.25) is 0 Å². The van der Waals surface area contributed by atoms with Crippen LogP contribution in [0.1, 0.15) is 22.3 Å². The van der Waals surface area contributed by atoms with Crippen LogP contribution in [-0.4, -0.2) is 6.03 Å². The van der Waals surface area contributed by atoms with Crippen molar-refractivity contribution >= 4 is 11.7 Å². The standard InChI is InChI=1S/C12H17N3O/c1-7-5-9(3)11(6-8(7)2)10(4)14-15-12(13)16/h5-6,14H,4H2,1-3H3,(H3,13,15,16). The van der Waals surface area contributed by atoms with Gasteiger partial charge in [0.2, 0.25) is 0 Å². The van der Waals surface area contributed by atoms with E-state index in [0.29, 0.717) is 5.70 Å². The lowest BCUT2D eigenvalue weighted by atomic mass is 9.99. The molecule has 0 heterocycles. The van der Waals surface area contributed by atoms with Gasteiger partial charge >= 0.3 is 6.03 Å². The summed E-state index contributed by atoms with van der Waals surface area (Å²) in [5, 5.41) is 0. The molecule has 0 aliphatic rings. The maximum Gasteiger partial charge on any atom is 0.330 e. The molecule has 0 saturated heterocycles. The Morgan fingerprint density at radius 1 is 1.12 bits per heavy atom. The molecular weight excluding hydrogens is 202 g/mol. The normalized spacial score (nSPS) is 9.69. The zero-order valence-corrected chi connectivity index (χ0v) is 9.85. The second-order valence-electron chi connectivity index (χ2n) is 3.84. The quantitative estimate of drug-likeness (QED) is 0.678. The highest BCUT2D eigenvalue weighted by Gasteiger charge is 2.05. The minimum atomic E-state index is -0.636. The minimum absolute atomic E-state index is 0.624. The SMILES string of the molecule is C=C(NNC(N)=O)c1cc(C)c(C)cc1C. The fourth-order valence-corrected chi connectivity index (χ4v) is 1.49. The number of carbonyl (C=O) groups excluding carboxylic acids is 1. The van der Waals surface area contributed by atoms with E-state index in [1.54, 1.807) is 0 Å². The second-order valence-corrected chi connectivity index (χ2v) is 3.84. The topological polar surface area (TPSA) is 67.2 Å². The van der Waals surface area contributed by atoms with E-state index in [0.717, 1.165) is 11.1 Å². The first kappa shape index (κ1) is 12.1. The molecule has 0 spiro atoms. The molecule has 0 unspecified atom stereocenters. The number of rotatable bonds is 3. The zero-order chi connectivity index (χ0) is 12.3. The summed E-state index contributed by atoms with van der Waals surface area (Å²) in [5.74, 6) is 0. The van der Waals surface area contributed by atoms with Crippen molar-refractivity contribution in [3.8, 4) is 0 Å². The van der Waals surface area contributed by atoms with E-state index in [1.807, 2.05) is 19.9 Å². The zero-order valence-electron chi connectivity index (χ0n) is 9.85. The van der Waals surface area contributed by atoms with E-state index in [-0.39, 0.29) is 0 Å². The van der Waals surface area contributed by atoms with Gasteiger partial charge in [-0.15, -0.1) is 0 Å². The smallest absolute Gasteiger partial charge is 0.330 e.